The Labute approximate surface area is 152 Å². The molecule has 0 bridgehead atoms. The number of benzene rings is 2. The summed E-state index contributed by atoms with van der Waals surface area (Å²) in [6.45, 7) is 0. The van der Waals surface area contributed by atoms with E-state index in [9.17, 15) is 9.59 Å². The van der Waals surface area contributed by atoms with Crippen molar-refractivity contribution in [2.24, 2.45) is 0 Å². The van der Waals surface area contributed by atoms with Crippen LogP contribution in [0, 0.1) is 0 Å². The molecule has 2 aromatic carbocycles. The van der Waals surface area contributed by atoms with Crippen molar-refractivity contribution >= 4 is 35.1 Å². The number of fused-ring (bicyclic) bond motifs is 1. The van der Waals surface area contributed by atoms with Crippen molar-refractivity contribution in [1.82, 2.24) is 9.97 Å². The van der Waals surface area contributed by atoms with E-state index >= 15 is 0 Å². The van der Waals surface area contributed by atoms with Crippen LogP contribution in [-0.4, -0.2) is 21.9 Å². The second kappa shape index (κ2) is 5.95. The third-order valence-corrected chi connectivity index (χ3v) is 4.39. The molecule has 3 aromatic rings. The van der Waals surface area contributed by atoms with Gasteiger partial charge in [-0.3, -0.25) is 0 Å². The highest BCUT2D eigenvalue weighted by atomic mass is 35.5. The summed E-state index contributed by atoms with van der Waals surface area (Å²) in [4.78, 5) is 32.4. The van der Waals surface area contributed by atoms with Crippen LogP contribution in [0.4, 0.5) is 0 Å². The topological polar surface area (TPSA) is 69.2 Å². The molecule has 0 aliphatic carbocycles. The maximum atomic E-state index is 11.9. The van der Waals surface area contributed by atoms with Gasteiger partial charge in [0.25, 0.3) is 0 Å². The Morgan fingerprint density at radius 2 is 1.04 bits per heavy atom. The number of carbonyl (C=O) groups is 2. The molecule has 0 amide bonds. The average Bonchev–Trinajstić information content (AvgIpc) is 2.88. The van der Waals surface area contributed by atoms with Crippen molar-refractivity contribution in [2.75, 3.05) is 0 Å². The molecule has 1 aromatic heterocycles. The lowest BCUT2D eigenvalue weighted by Gasteiger charge is -2.11. The molecule has 2 heterocycles. The number of ether oxygens (including phenoxy) is 1. The van der Waals surface area contributed by atoms with Crippen LogP contribution in [0.25, 0.3) is 22.5 Å². The van der Waals surface area contributed by atoms with Crippen LogP contribution < -0.4 is 0 Å². The number of aromatic nitrogens is 2. The van der Waals surface area contributed by atoms with E-state index in [1.807, 2.05) is 0 Å². The standard InChI is InChI=1S/C18H8Cl2N2O3/c19-11-7-3-1-5-9(11)13-14(10-6-2-4-8-12(10)20)22-16-15(21-13)17(23)25-18(16)24/h1-8H. The Kier molecular flexibility index (Phi) is 3.75. The number of nitrogens with zero attached hydrogens (tertiary/aromatic N) is 2. The summed E-state index contributed by atoms with van der Waals surface area (Å²) in [6, 6.07) is 14.0. The highest BCUT2D eigenvalue weighted by Crippen LogP contribution is 2.37. The fraction of sp³-hybridized carbons (Fsp3) is 0. The summed E-state index contributed by atoms with van der Waals surface area (Å²) in [6.07, 6.45) is 0. The minimum Gasteiger partial charge on any atom is -0.383 e. The van der Waals surface area contributed by atoms with E-state index in [4.69, 9.17) is 23.2 Å². The first-order chi connectivity index (χ1) is 12.1. The summed E-state index contributed by atoms with van der Waals surface area (Å²) in [5.74, 6) is -1.65. The Hall–Kier alpha value is -2.76. The molecule has 1 aliphatic rings. The molecular formula is C18H8Cl2N2O3. The first-order valence-electron chi connectivity index (χ1n) is 7.24. The zero-order chi connectivity index (χ0) is 17.6. The van der Waals surface area contributed by atoms with E-state index < -0.39 is 11.9 Å². The van der Waals surface area contributed by atoms with Gasteiger partial charge in [0.15, 0.2) is 11.4 Å². The summed E-state index contributed by atoms with van der Waals surface area (Å²) in [7, 11) is 0. The molecule has 0 fully saturated rings. The predicted octanol–water partition coefficient (Wildman–Crippen LogP) is 4.43. The molecule has 0 spiro atoms. The van der Waals surface area contributed by atoms with Gasteiger partial charge in [-0.15, -0.1) is 0 Å². The van der Waals surface area contributed by atoms with Crippen molar-refractivity contribution in [3.05, 3.63) is 70.0 Å². The van der Waals surface area contributed by atoms with Gasteiger partial charge in [0.2, 0.25) is 0 Å². The van der Waals surface area contributed by atoms with E-state index in [0.717, 1.165) is 0 Å². The summed E-state index contributed by atoms with van der Waals surface area (Å²) in [5, 5.41) is 0.866. The molecule has 0 saturated heterocycles. The van der Waals surface area contributed by atoms with Crippen LogP contribution in [0.5, 0.6) is 0 Å². The number of rotatable bonds is 2. The molecule has 5 nitrogen and oxygen atoms in total. The van der Waals surface area contributed by atoms with Crippen LogP contribution in [-0.2, 0) is 4.74 Å². The number of hydrogen-bond acceptors (Lipinski definition) is 5. The minimum absolute atomic E-state index is 0.129. The highest BCUT2D eigenvalue weighted by Gasteiger charge is 2.35. The van der Waals surface area contributed by atoms with E-state index in [0.29, 0.717) is 32.6 Å². The van der Waals surface area contributed by atoms with Gasteiger partial charge < -0.3 is 4.74 Å². The summed E-state index contributed by atoms with van der Waals surface area (Å²) in [5.41, 5.74) is 1.59. The van der Waals surface area contributed by atoms with E-state index in [1.54, 1.807) is 48.5 Å². The second-order valence-electron chi connectivity index (χ2n) is 5.25. The third kappa shape index (κ3) is 2.58. The number of hydrogen-bond donors (Lipinski definition) is 0. The largest absolute Gasteiger partial charge is 0.383 e. The van der Waals surface area contributed by atoms with Gasteiger partial charge in [-0.25, -0.2) is 19.6 Å². The second-order valence-corrected chi connectivity index (χ2v) is 6.07. The van der Waals surface area contributed by atoms with Crippen molar-refractivity contribution in [3.63, 3.8) is 0 Å². The molecular weight excluding hydrogens is 363 g/mol. The molecule has 0 unspecified atom stereocenters. The molecule has 1 aliphatic heterocycles. The van der Waals surface area contributed by atoms with E-state index in [1.165, 1.54) is 0 Å². The number of carbonyl (C=O) groups excluding carboxylic acids is 2. The zero-order valence-electron chi connectivity index (χ0n) is 12.5. The predicted molar refractivity (Wildman–Crippen MR) is 92.7 cm³/mol. The Bertz CT molecular complexity index is 968. The van der Waals surface area contributed by atoms with Gasteiger partial charge >= 0.3 is 11.9 Å². The molecule has 4 rings (SSSR count). The maximum Gasteiger partial charge on any atom is 0.367 e. The monoisotopic (exact) mass is 370 g/mol. The van der Waals surface area contributed by atoms with Gasteiger partial charge in [-0.1, -0.05) is 59.6 Å². The maximum absolute atomic E-state index is 11.9. The van der Waals surface area contributed by atoms with Crippen molar-refractivity contribution in [2.45, 2.75) is 0 Å². The van der Waals surface area contributed by atoms with Crippen LogP contribution in [0.1, 0.15) is 21.0 Å². The molecule has 0 radical (unpaired) electrons. The van der Waals surface area contributed by atoms with E-state index in [-0.39, 0.29) is 11.4 Å². The molecule has 0 saturated carbocycles. The Morgan fingerprint density at radius 3 is 1.44 bits per heavy atom. The fourth-order valence-electron chi connectivity index (χ4n) is 2.58. The molecule has 7 heteroatoms. The first kappa shape index (κ1) is 15.7. The van der Waals surface area contributed by atoms with Crippen LogP contribution in [0.2, 0.25) is 10.0 Å². The lowest BCUT2D eigenvalue weighted by atomic mass is 10.0. The normalized spacial score (nSPS) is 12.9. The zero-order valence-corrected chi connectivity index (χ0v) is 14.0. The smallest absolute Gasteiger partial charge is 0.367 e. The van der Waals surface area contributed by atoms with Gasteiger partial charge in [0, 0.05) is 11.1 Å². The number of esters is 2. The van der Waals surface area contributed by atoms with Gasteiger partial charge in [-0.05, 0) is 12.1 Å². The van der Waals surface area contributed by atoms with Gasteiger partial charge in [0.1, 0.15) is 0 Å². The van der Waals surface area contributed by atoms with Gasteiger partial charge in [-0.2, -0.15) is 0 Å². The lowest BCUT2D eigenvalue weighted by molar-refractivity contribution is 0.0439. The highest BCUT2D eigenvalue weighted by molar-refractivity contribution is 6.34. The van der Waals surface area contributed by atoms with E-state index in [2.05, 4.69) is 14.7 Å². The van der Waals surface area contributed by atoms with Crippen LogP contribution in [0.15, 0.2) is 48.5 Å². The molecule has 0 atom stereocenters. The van der Waals surface area contributed by atoms with Crippen molar-refractivity contribution < 1.29 is 14.3 Å². The quantitative estimate of drug-likeness (QED) is 0.493. The molecule has 0 N–H and O–H groups in total. The summed E-state index contributed by atoms with van der Waals surface area (Å²) < 4.78 is 4.61. The Morgan fingerprint density at radius 1 is 0.640 bits per heavy atom. The number of halogens is 2. The van der Waals surface area contributed by atoms with Crippen molar-refractivity contribution in [3.8, 4) is 22.5 Å². The van der Waals surface area contributed by atoms with Crippen LogP contribution >= 0.6 is 23.2 Å². The van der Waals surface area contributed by atoms with Crippen LogP contribution in [0.3, 0.4) is 0 Å². The first-order valence-corrected chi connectivity index (χ1v) is 8.00. The molecule has 25 heavy (non-hydrogen) atoms. The SMILES string of the molecule is O=C1OC(=O)c2nc(-c3ccccc3Cl)c(-c3ccccc3Cl)nc21. The van der Waals surface area contributed by atoms with Gasteiger partial charge in [0.05, 0.1) is 21.4 Å². The minimum atomic E-state index is -0.827. The number of cyclic esters (lactones) is 2. The Balaban J connectivity index is 2.07. The lowest BCUT2D eigenvalue weighted by Crippen LogP contribution is -2.05. The fourth-order valence-corrected chi connectivity index (χ4v) is 3.03. The van der Waals surface area contributed by atoms with Crippen molar-refractivity contribution in [1.29, 1.82) is 0 Å². The third-order valence-electron chi connectivity index (χ3n) is 3.73. The average molecular weight is 371 g/mol. The molecule has 122 valence electrons. The summed E-state index contributed by atoms with van der Waals surface area (Å²) >= 11 is 12.6.